The quantitative estimate of drug-likeness (QED) is 0.524. The molecule has 1 aliphatic carbocycles. The van der Waals surface area contributed by atoms with Crippen molar-refractivity contribution in [2.75, 3.05) is 32.8 Å². The molecule has 0 bridgehead atoms. The van der Waals surface area contributed by atoms with Crippen molar-refractivity contribution < 1.29 is 13.9 Å². The number of amides is 1. The lowest BCUT2D eigenvalue weighted by Gasteiger charge is -2.46. The highest BCUT2D eigenvalue weighted by atomic mass is 19.1. The molecule has 2 saturated heterocycles. The number of hydrogen-bond donors (Lipinski definition) is 0. The summed E-state index contributed by atoms with van der Waals surface area (Å²) in [4.78, 5) is 26.6. The van der Waals surface area contributed by atoms with E-state index in [0.717, 1.165) is 23.4 Å². The fraction of sp³-hybridized carbons (Fsp3) is 0.458. The first kappa shape index (κ1) is 22.6. The molecule has 0 spiro atoms. The third-order valence-electron chi connectivity index (χ3n) is 7.47. The predicted octanol–water partition coefficient (Wildman–Crippen LogP) is 0.771. The number of aromatic nitrogens is 6. The first-order valence-electron chi connectivity index (χ1n) is 11.9. The van der Waals surface area contributed by atoms with E-state index in [1.165, 1.54) is 17.1 Å². The number of halogens is 1. The Kier molecular flexibility index (Phi) is 5.66. The molecule has 36 heavy (non-hydrogen) atoms. The van der Waals surface area contributed by atoms with Crippen molar-refractivity contribution in [1.82, 2.24) is 40.0 Å². The van der Waals surface area contributed by atoms with Crippen LogP contribution in [-0.2, 0) is 22.4 Å². The van der Waals surface area contributed by atoms with Crippen molar-refractivity contribution in [3.05, 3.63) is 58.4 Å². The minimum Gasteiger partial charge on any atom is -0.370 e. The summed E-state index contributed by atoms with van der Waals surface area (Å²) >= 11 is 0. The Morgan fingerprint density at radius 2 is 2.14 bits per heavy atom. The number of fused-ring (bicyclic) bond motifs is 2. The molecular formula is C24H24FN9O2. The van der Waals surface area contributed by atoms with Crippen LogP contribution in [0.4, 0.5) is 4.39 Å². The maximum atomic E-state index is 14.0. The Morgan fingerprint density at radius 3 is 2.94 bits per heavy atom. The average Bonchev–Trinajstić information content (AvgIpc) is 3.58. The molecule has 1 amide bonds. The van der Waals surface area contributed by atoms with E-state index in [2.05, 4.69) is 30.4 Å². The van der Waals surface area contributed by atoms with Crippen LogP contribution in [0.5, 0.6) is 0 Å². The number of morpholine rings is 1. The fourth-order valence-corrected chi connectivity index (χ4v) is 5.50. The maximum Gasteiger partial charge on any atom is 0.253 e. The summed E-state index contributed by atoms with van der Waals surface area (Å²) in [6, 6.07) is 5.10. The van der Waals surface area contributed by atoms with Crippen LogP contribution in [0.2, 0.25) is 0 Å². The van der Waals surface area contributed by atoms with E-state index in [1.807, 2.05) is 11.0 Å². The molecular weight excluding hydrogens is 465 g/mol. The molecule has 3 aromatic rings. The maximum absolute atomic E-state index is 14.0. The molecule has 3 atom stereocenters. The van der Waals surface area contributed by atoms with Gasteiger partial charge in [-0.25, -0.2) is 14.4 Å². The number of carbonyl (C=O) groups is 1. The number of hydrogen-bond acceptors (Lipinski definition) is 9. The zero-order valence-corrected chi connectivity index (χ0v) is 19.7. The topological polar surface area (TPSA) is 126 Å². The number of piperazine rings is 1. The molecule has 0 N–H and O–H groups in total. The highest BCUT2D eigenvalue weighted by Crippen LogP contribution is 2.32. The van der Waals surface area contributed by atoms with E-state index in [0.29, 0.717) is 50.6 Å². The van der Waals surface area contributed by atoms with Gasteiger partial charge in [0.2, 0.25) is 5.91 Å². The van der Waals surface area contributed by atoms with Gasteiger partial charge in [-0.05, 0) is 46.5 Å². The molecule has 184 valence electrons. The van der Waals surface area contributed by atoms with Crippen LogP contribution in [-0.4, -0.2) is 84.7 Å². The van der Waals surface area contributed by atoms with Gasteiger partial charge in [0.1, 0.15) is 18.2 Å². The van der Waals surface area contributed by atoms with E-state index in [-0.39, 0.29) is 29.5 Å². The molecule has 12 heteroatoms. The number of nitrogens with zero attached hydrogens (tertiary/aromatic N) is 9. The number of nitriles is 1. The first-order valence-corrected chi connectivity index (χ1v) is 11.9. The molecule has 3 unspecified atom stereocenters. The Bertz CT molecular complexity index is 1360. The van der Waals surface area contributed by atoms with Crippen molar-refractivity contribution in [1.29, 1.82) is 5.26 Å². The second kappa shape index (κ2) is 9.00. The van der Waals surface area contributed by atoms with Crippen LogP contribution in [0.15, 0.2) is 24.7 Å². The van der Waals surface area contributed by atoms with Crippen molar-refractivity contribution in [2.24, 2.45) is 5.92 Å². The van der Waals surface area contributed by atoms with Crippen molar-refractivity contribution in [2.45, 2.75) is 31.9 Å². The highest BCUT2D eigenvalue weighted by Gasteiger charge is 2.39. The molecule has 11 nitrogen and oxygen atoms in total. The molecule has 3 aliphatic rings. The molecule has 0 saturated carbocycles. The molecule has 2 fully saturated rings. The molecule has 4 heterocycles. The third-order valence-corrected chi connectivity index (χ3v) is 7.47. The van der Waals surface area contributed by atoms with Gasteiger partial charge in [-0.2, -0.15) is 9.94 Å². The molecule has 2 aliphatic heterocycles. The van der Waals surface area contributed by atoms with Crippen LogP contribution < -0.4 is 0 Å². The smallest absolute Gasteiger partial charge is 0.253 e. The third kappa shape index (κ3) is 3.90. The Hall–Kier alpha value is -3.82. The number of carbonyl (C=O) groups excluding carboxylic acids is 1. The molecule has 2 aromatic heterocycles. The van der Waals surface area contributed by atoms with Gasteiger partial charge in [-0.1, -0.05) is 6.07 Å². The van der Waals surface area contributed by atoms with Gasteiger partial charge in [0.05, 0.1) is 30.0 Å². The van der Waals surface area contributed by atoms with Gasteiger partial charge >= 0.3 is 0 Å². The first-order chi connectivity index (χ1) is 17.5. The standard InChI is InChI=1S/C24H24FN9O2/c1-14-18(2-3-20(25)19(14)8-26)22-11-32-4-5-33(10-17(32)12-36-22)23(35)15-6-16-9-27-24(29-21(16)7-15)34-13-28-30-31-34/h2-3,9,13,15,17,22H,4-7,10-12H2,1H3. The molecule has 0 radical (unpaired) electrons. The van der Waals surface area contributed by atoms with E-state index < -0.39 is 5.82 Å². The number of ether oxygens (including phenoxy) is 1. The van der Waals surface area contributed by atoms with Gasteiger partial charge in [-0.15, -0.1) is 5.10 Å². The number of tetrazole rings is 1. The van der Waals surface area contributed by atoms with Crippen LogP contribution >= 0.6 is 0 Å². The van der Waals surface area contributed by atoms with E-state index in [9.17, 15) is 14.4 Å². The second-order valence-electron chi connectivity index (χ2n) is 9.50. The lowest BCUT2D eigenvalue weighted by molar-refractivity contribution is -0.143. The van der Waals surface area contributed by atoms with Crippen LogP contribution in [0, 0.1) is 30.0 Å². The second-order valence-corrected chi connectivity index (χ2v) is 9.50. The van der Waals surface area contributed by atoms with E-state index in [4.69, 9.17) is 4.74 Å². The number of rotatable bonds is 3. The Labute approximate surface area is 206 Å². The van der Waals surface area contributed by atoms with E-state index in [1.54, 1.807) is 19.2 Å². The summed E-state index contributed by atoms with van der Waals surface area (Å²) in [5.41, 5.74) is 3.39. The van der Waals surface area contributed by atoms with Crippen LogP contribution in [0.3, 0.4) is 0 Å². The molecule has 6 rings (SSSR count). The van der Waals surface area contributed by atoms with Gasteiger partial charge < -0.3 is 9.64 Å². The minimum atomic E-state index is -0.508. The monoisotopic (exact) mass is 489 g/mol. The SMILES string of the molecule is Cc1c(C2CN3CCN(C(=O)C4Cc5cnc(-n6cnnn6)nc5C4)CC3CO2)ccc(F)c1C#N. The van der Waals surface area contributed by atoms with Crippen molar-refractivity contribution >= 4 is 5.91 Å². The van der Waals surface area contributed by atoms with Crippen LogP contribution in [0.25, 0.3) is 5.95 Å². The summed E-state index contributed by atoms with van der Waals surface area (Å²) in [6.07, 6.45) is 4.16. The lowest BCUT2D eigenvalue weighted by atomic mass is 9.96. The largest absolute Gasteiger partial charge is 0.370 e. The average molecular weight is 490 g/mol. The zero-order chi connectivity index (χ0) is 24.8. The Morgan fingerprint density at radius 1 is 1.25 bits per heavy atom. The van der Waals surface area contributed by atoms with Gasteiger partial charge in [0, 0.05) is 44.7 Å². The minimum absolute atomic E-state index is 0.0703. The van der Waals surface area contributed by atoms with Gasteiger partial charge in [0.25, 0.3) is 5.95 Å². The summed E-state index contributed by atoms with van der Waals surface area (Å²) in [5, 5.41) is 20.4. The summed E-state index contributed by atoms with van der Waals surface area (Å²) in [7, 11) is 0. The lowest BCUT2D eigenvalue weighted by Crippen LogP contribution is -2.60. The summed E-state index contributed by atoms with van der Waals surface area (Å²) in [6.45, 7) is 4.87. The highest BCUT2D eigenvalue weighted by molar-refractivity contribution is 5.80. The van der Waals surface area contributed by atoms with Crippen molar-refractivity contribution in [3.63, 3.8) is 0 Å². The Balaban J connectivity index is 1.09. The number of benzene rings is 1. The predicted molar refractivity (Wildman–Crippen MR) is 122 cm³/mol. The summed E-state index contributed by atoms with van der Waals surface area (Å²) < 4.78 is 21.5. The van der Waals surface area contributed by atoms with Crippen molar-refractivity contribution in [3.8, 4) is 12.0 Å². The summed E-state index contributed by atoms with van der Waals surface area (Å²) in [5.74, 6) is -0.140. The molecule has 1 aromatic carbocycles. The van der Waals surface area contributed by atoms with Crippen LogP contribution in [0.1, 0.15) is 34.1 Å². The zero-order valence-electron chi connectivity index (χ0n) is 19.7. The fourth-order valence-electron chi connectivity index (χ4n) is 5.50. The van der Waals surface area contributed by atoms with Gasteiger partial charge in [0.15, 0.2) is 0 Å². The normalized spacial score (nSPS) is 23.7. The van der Waals surface area contributed by atoms with E-state index >= 15 is 0 Å². The van der Waals surface area contributed by atoms with Gasteiger partial charge in [-0.3, -0.25) is 9.69 Å².